The van der Waals surface area contributed by atoms with Crippen molar-refractivity contribution in [3.05, 3.63) is 100 Å². The Morgan fingerprint density at radius 3 is 2.48 bits per heavy atom. The smallest absolute Gasteiger partial charge is 0.316 e. The van der Waals surface area contributed by atoms with Crippen LogP contribution in [0.15, 0.2) is 82.4 Å². The number of nitriles is 1. The van der Waals surface area contributed by atoms with Crippen LogP contribution >= 0.6 is 0 Å². The zero-order valence-electron chi connectivity index (χ0n) is 17.7. The largest absolute Gasteiger partial charge is 0.419 e. The maximum Gasteiger partial charge on any atom is 0.316 e. The van der Waals surface area contributed by atoms with Crippen molar-refractivity contribution in [3.63, 3.8) is 0 Å². The Labute approximate surface area is 189 Å². The zero-order chi connectivity index (χ0) is 23.4. The third-order valence-electron chi connectivity index (χ3n) is 5.20. The van der Waals surface area contributed by atoms with Gasteiger partial charge in [0.2, 0.25) is 11.8 Å². The molecular weight excluding hydrogens is 418 g/mol. The van der Waals surface area contributed by atoms with Gasteiger partial charge in [-0.1, -0.05) is 48.5 Å². The lowest BCUT2D eigenvalue weighted by Crippen LogP contribution is -2.35. The molecule has 1 amide bonds. The van der Waals surface area contributed by atoms with Gasteiger partial charge in [0.15, 0.2) is 0 Å². The average Bonchev–Trinajstić information content (AvgIpc) is 3.35. The summed E-state index contributed by atoms with van der Waals surface area (Å²) in [6.07, 6.45) is 0.476. The van der Waals surface area contributed by atoms with Crippen molar-refractivity contribution in [2.45, 2.75) is 18.9 Å². The number of nitrogens with zero attached hydrogens (tertiary/aromatic N) is 4. The molecule has 1 heterocycles. The summed E-state index contributed by atoms with van der Waals surface area (Å²) in [7, 11) is 0. The van der Waals surface area contributed by atoms with E-state index in [4.69, 9.17) is 10.2 Å². The molecule has 3 aromatic carbocycles. The maximum atomic E-state index is 12.1. The fourth-order valence-electron chi connectivity index (χ4n) is 3.58. The van der Waals surface area contributed by atoms with Gasteiger partial charge in [-0.2, -0.15) is 5.26 Å². The van der Waals surface area contributed by atoms with Crippen LogP contribution in [0.25, 0.3) is 22.6 Å². The third kappa shape index (κ3) is 4.59. The molecule has 33 heavy (non-hydrogen) atoms. The molecule has 0 saturated heterocycles. The average molecular weight is 437 g/mol. The summed E-state index contributed by atoms with van der Waals surface area (Å²) in [4.78, 5) is 23.0. The van der Waals surface area contributed by atoms with Crippen LogP contribution in [0.3, 0.4) is 0 Å². The molecule has 0 radical (unpaired) electrons. The fourth-order valence-corrected chi connectivity index (χ4v) is 3.58. The molecule has 8 nitrogen and oxygen atoms in total. The van der Waals surface area contributed by atoms with E-state index in [0.717, 1.165) is 5.56 Å². The predicted octanol–water partition coefficient (Wildman–Crippen LogP) is 4.60. The first kappa shape index (κ1) is 21.7. The van der Waals surface area contributed by atoms with Gasteiger partial charge in [0.25, 0.3) is 0 Å². The summed E-state index contributed by atoms with van der Waals surface area (Å²) in [6, 6.07) is 23.4. The lowest BCUT2D eigenvalue weighted by atomic mass is 9.94. The summed E-state index contributed by atoms with van der Waals surface area (Å²) < 4.78 is 5.89. The summed E-state index contributed by atoms with van der Waals surface area (Å²) in [6.45, 7) is 1.79. The minimum atomic E-state index is -0.944. The summed E-state index contributed by atoms with van der Waals surface area (Å²) in [5.41, 5.74) is 8.56. The van der Waals surface area contributed by atoms with Crippen LogP contribution in [-0.2, 0) is 12.0 Å². The molecule has 1 atom stereocenters. The number of nitrogens with two attached hydrogens (primary N) is 1. The fraction of sp³-hybridized carbons (Fsp3) is 0.120. The highest BCUT2D eigenvalue weighted by Crippen LogP contribution is 2.31. The molecule has 0 unspecified atom stereocenters. The van der Waals surface area contributed by atoms with E-state index in [2.05, 4.69) is 21.4 Å². The van der Waals surface area contributed by atoms with Gasteiger partial charge in [0.05, 0.1) is 17.2 Å². The van der Waals surface area contributed by atoms with E-state index in [-0.39, 0.29) is 17.3 Å². The Hall–Kier alpha value is -4.48. The minimum absolute atomic E-state index is 0.0461. The molecule has 2 N–H and O–H groups in total. The monoisotopic (exact) mass is 437 g/mol. The van der Waals surface area contributed by atoms with Gasteiger partial charge >= 0.3 is 5.91 Å². The number of amides is 1. The molecule has 0 aliphatic heterocycles. The van der Waals surface area contributed by atoms with Crippen LogP contribution in [0, 0.1) is 16.2 Å². The highest BCUT2D eigenvalue weighted by Gasteiger charge is 2.29. The maximum absolute atomic E-state index is 12.1. The van der Waals surface area contributed by atoms with Crippen molar-refractivity contribution in [1.29, 1.82) is 5.26 Å². The molecule has 0 aliphatic rings. The van der Waals surface area contributed by atoms with Gasteiger partial charge < -0.3 is 10.2 Å². The Kier molecular flexibility index (Phi) is 5.89. The first-order valence-corrected chi connectivity index (χ1v) is 10.1. The molecule has 4 aromatic rings. The first-order chi connectivity index (χ1) is 15.9. The number of nitroso groups, excluding NO2 is 1. The van der Waals surface area contributed by atoms with Crippen molar-refractivity contribution in [1.82, 2.24) is 10.2 Å². The Morgan fingerprint density at radius 1 is 1.06 bits per heavy atom. The molecule has 1 aromatic heterocycles. The van der Waals surface area contributed by atoms with Gasteiger partial charge in [-0.25, -0.2) is 0 Å². The molecule has 4 rings (SSSR count). The van der Waals surface area contributed by atoms with E-state index < -0.39 is 11.4 Å². The number of benzene rings is 3. The molecule has 8 heteroatoms. The van der Waals surface area contributed by atoms with Gasteiger partial charge in [-0.15, -0.1) is 15.1 Å². The standard InChI is InChI=1S/C25H19N5O3/c1-25(27,14-16-7-3-2-4-8-16)24-29-28-23(33-24)20-12-18(11-19(13-20)22(31)30-32)21-10-6-5-9-17(21)15-26/h2-13H,14,27H2,1H3/t25-/m1/s1. The van der Waals surface area contributed by atoms with Gasteiger partial charge in [-0.05, 0) is 54.3 Å². The van der Waals surface area contributed by atoms with Crippen molar-refractivity contribution in [2.75, 3.05) is 0 Å². The number of hydrogen-bond donors (Lipinski definition) is 1. The number of rotatable bonds is 6. The second-order valence-corrected chi connectivity index (χ2v) is 7.85. The molecule has 0 aliphatic carbocycles. The van der Waals surface area contributed by atoms with Crippen LogP contribution in [0.5, 0.6) is 0 Å². The Morgan fingerprint density at radius 2 is 1.76 bits per heavy atom. The van der Waals surface area contributed by atoms with Gasteiger partial charge in [0, 0.05) is 16.3 Å². The van der Waals surface area contributed by atoms with Crippen LogP contribution in [0.4, 0.5) is 0 Å². The number of carbonyl (C=O) groups is 1. The molecule has 0 bridgehead atoms. The topological polar surface area (TPSA) is 135 Å². The Balaban J connectivity index is 1.76. The van der Waals surface area contributed by atoms with E-state index in [9.17, 15) is 15.0 Å². The van der Waals surface area contributed by atoms with Crippen LogP contribution in [0.2, 0.25) is 0 Å². The van der Waals surface area contributed by atoms with Crippen LogP contribution in [-0.4, -0.2) is 16.1 Å². The van der Waals surface area contributed by atoms with E-state index in [1.54, 1.807) is 37.3 Å². The van der Waals surface area contributed by atoms with E-state index in [1.165, 1.54) is 12.1 Å². The number of carbonyl (C=O) groups excluding carboxylic acids is 1. The molecule has 162 valence electrons. The summed E-state index contributed by atoms with van der Waals surface area (Å²) in [5.74, 6) is -0.587. The van der Waals surface area contributed by atoms with E-state index in [1.807, 2.05) is 30.3 Å². The van der Waals surface area contributed by atoms with Gasteiger partial charge in [0.1, 0.15) is 0 Å². The second kappa shape index (κ2) is 8.94. The minimum Gasteiger partial charge on any atom is -0.419 e. The molecular formula is C25H19N5O3. The lowest BCUT2D eigenvalue weighted by Gasteiger charge is -2.20. The van der Waals surface area contributed by atoms with Crippen molar-refractivity contribution >= 4 is 5.91 Å². The van der Waals surface area contributed by atoms with Crippen molar-refractivity contribution in [3.8, 4) is 28.7 Å². The normalized spacial score (nSPS) is 12.5. The van der Waals surface area contributed by atoms with Gasteiger partial charge in [-0.3, -0.25) is 4.79 Å². The number of aromatic nitrogens is 2. The summed E-state index contributed by atoms with van der Waals surface area (Å²) >= 11 is 0. The molecule has 0 fully saturated rings. The number of hydrogen-bond acceptors (Lipinski definition) is 7. The lowest BCUT2D eigenvalue weighted by molar-refractivity contribution is 0.100. The SMILES string of the molecule is C[C@@](N)(Cc1ccccc1)c1nnc(-c2cc(C(=O)N=O)cc(-c3ccccc3C#N)c2)o1. The van der Waals surface area contributed by atoms with Crippen LogP contribution in [0.1, 0.15) is 34.3 Å². The van der Waals surface area contributed by atoms with E-state index >= 15 is 0 Å². The highest BCUT2D eigenvalue weighted by molar-refractivity contribution is 5.97. The van der Waals surface area contributed by atoms with Crippen molar-refractivity contribution < 1.29 is 9.21 Å². The quantitative estimate of drug-likeness (QED) is 0.435. The van der Waals surface area contributed by atoms with Crippen LogP contribution < -0.4 is 5.73 Å². The zero-order valence-corrected chi connectivity index (χ0v) is 17.7. The van der Waals surface area contributed by atoms with Crippen molar-refractivity contribution in [2.24, 2.45) is 10.9 Å². The highest BCUT2D eigenvalue weighted by atomic mass is 16.4. The predicted molar refractivity (Wildman–Crippen MR) is 122 cm³/mol. The molecule has 0 spiro atoms. The second-order valence-electron chi connectivity index (χ2n) is 7.85. The van der Waals surface area contributed by atoms with E-state index in [0.29, 0.717) is 28.7 Å². The Bertz CT molecular complexity index is 1370. The summed E-state index contributed by atoms with van der Waals surface area (Å²) in [5, 5.41) is 20.2. The molecule has 0 saturated carbocycles. The third-order valence-corrected chi connectivity index (χ3v) is 5.20. The first-order valence-electron chi connectivity index (χ1n) is 10.1.